The third-order valence-corrected chi connectivity index (χ3v) is 5.09. The van der Waals surface area contributed by atoms with Gasteiger partial charge in [-0.05, 0) is 40.4 Å². The van der Waals surface area contributed by atoms with Gasteiger partial charge in [0, 0.05) is 48.8 Å². The van der Waals surface area contributed by atoms with Crippen LogP contribution in [0.1, 0.15) is 41.4 Å². The Balaban J connectivity index is 1.56. The second kappa shape index (κ2) is 5.59. The molecule has 0 bridgehead atoms. The molecule has 5 nitrogen and oxygen atoms in total. The molecule has 22 heavy (non-hydrogen) atoms. The van der Waals surface area contributed by atoms with Gasteiger partial charge in [0.25, 0.3) is 5.56 Å². The van der Waals surface area contributed by atoms with Crippen LogP contribution in [0, 0.1) is 0 Å². The highest BCUT2D eigenvalue weighted by Gasteiger charge is 2.29. The fourth-order valence-electron chi connectivity index (χ4n) is 2.96. The fourth-order valence-corrected chi connectivity index (χ4v) is 3.33. The van der Waals surface area contributed by atoms with Gasteiger partial charge >= 0.3 is 0 Å². The molecule has 0 saturated heterocycles. The summed E-state index contributed by atoms with van der Waals surface area (Å²) in [7, 11) is 0. The van der Waals surface area contributed by atoms with Crippen molar-refractivity contribution in [2.75, 3.05) is 6.54 Å². The van der Waals surface area contributed by atoms with E-state index in [0.29, 0.717) is 12.5 Å². The number of rotatable bonds is 3. The lowest BCUT2D eigenvalue weighted by atomic mass is 10.1. The number of nitrogens with zero attached hydrogens (tertiary/aromatic N) is 3. The Morgan fingerprint density at radius 3 is 3.05 bits per heavy atom. The van der Waals surface area contributed by atoms with Crippen molar-refractivity contribution in [2.45, 2.75) is 38.3 Å². The Labute approximate surface area is 136 Å². The number of H-pyrrole nitrogens is 1. The van der Waals surface area contributed by atoms with E-state index in [2.05, 4.69) is 30.8 Å². The van der Waals surface area contributed by atoms with Crippen LogP contribution in [-0.2, 0) is 19.5 Å². The van der Waals surface area contributed by atoms with E-state index in [1.165, 1.54) is 5.56 Å². The number of aromatic nitrogens is 3. The van der Waals surface area contributed by atoms with Crippen LogP contribution in [0.15, 0.2) is 27.7 Å². The fraction of sp³-hybridized carbons (Fsp3) is 0.438. The van der Waals surface area contributed by atoms with E-state index in [4.69, 9.17) is 4.98 Å². The van der Waals surface area contributed by atoms with Crippen molar-refractivity contribution in [2.24, 2.45) is 0 Å². The minimum absolute atomic E-state index is 0.0467. The van der Waals surface area contributed by atoms with E-state index in [1.807, 2.05) is 12.3 Å². The highest BCUT2D eigenvalue weighted by molar-refractivity contribution is 9.10. The molecular weight excluding hydrogens is 344 g/mol. The lowest BCUT2D eigenvalue weighted by Gasteiger charge is -2.28. The molecule has 6 heteroatoms. The molecule has 4 rings (SSSR count). The maximum Gasteiger partial charge on any atom is 0.255 e. The van der Waals surface area contributed by atoms with Gasteiger partial charge in [0.15, 0.2) is 0 Å². The average Bonchev–Trinajstić information content (AvgIpc) is 3.35. The number of fused-ring (bicyclic) bond motifs is 1. The van der Waals surface area contributed by atoms with Crippen molar-refractivity contribution in [3.8, 4) is 0 Å². The molecular formula is C16H17BrN4O. The van der Waals surface area contributed by atoms with Crippen LogP contribution < -0.4 is 5.56 Å². The first-order valence-electron chi connectivity index (χ1n) is 7.63. The molecule has 0 atom stereocenters. The molecule has 2 aromatic heterocycles. The monoisotopic (exact) mass is 360 g/mol. The first-order chi connectivity index (χ1) is 10.7. The SMILES string of the molecule is O=c1[nH]c(C2CC2)nc2c1CN(Cc1ccncc1Br)CC2. The second-order valence-corrected chi connectivity index (χ2v) is 6.93. The number of halogens is 1. The summed E-state index contributed by atoms with van der Waals surface area (Å²) in [4.78, 5) is 26.4. The molecule has 1 aliphatic heterocycles. The number of aromatic amines is 1. The topological polar surface area (TPSA) is 61.9 Å². The number of nitrogens with one attached hydrogen (secondary N) is 1. The van der Waals surface area contributed by atoms with Crippen LogP contribution in [0.3, 0.4) is 0 Å². The Bertz CT molecular complexity index is 769. The van der Waals surface area contributed by atoms with Gasteiger partial charge in [0.05, 0.1) is 11.3 Å². The molecule has 2 aliphatic rings. The van der Waals surface area contributed by atoms with E-state index < -0.39 is 0 Å². The maximum atomic E-state index is 12.3. The van der Waals surface area contributed by atoms with Gasteiger partial charge in [-0.25, -0.2) is 4.98 Å². The summed E-state index contributed by atoms with van der Waals surface area (Å²) in [5.41, 5.74) is 3.07. The Hall–Kier alpha value is -1.53. The van der Waals surface area contributed by atoms with Gasteiger partial charge < -0.3 is 4.98 Å². The van der Waals surface area contributed by atoms with Crippen molar-refractivity contribution >= 4 is 15.9 Å². The molecule has 1 saturated carbocycles. The van der Waals surface area contributed by atoms with Crippen molar-refractivity contribution < 1.29 is 0 Å². The third-order valence-electron chi connectivity index (χ3n) is 4.38. The highest BCUT2D eigenvalue weighted by Crippen LogP contribution is 2.37. The Morgan fingerprint density at radius 2 is 2.27 bits per heavy atom. The van der Waals surface area contributed by atoms with Gasteiger partial charge in [-0.1, -0.05) is 0 Å². The maximum absolute atomic E-state index is 12.3. The summed E-state index contributed by atoms with van der Waals surface area (Å²) >= 11 is 3.53. The lowest BCUT2D eigenvalue weighted by Crippen LogP contribution is -2.35. The van der Waals surface area contributed by atoms with E-state index in [1.54, 1.807) is 6.20 Å². The predicted octanol–water partition coefficient (Wildman–Crippen LogP) is 2.36. The first-order valence-corrected chi connectivity index (χ1v) is 8.42. The highest BCUT2D eigenvalue weighted by atomic mass is 79.9. The zero-order valence-electron chi connectivity index (χ0n) is 12.2. The van der Waals surface area contributed by atoms with Crippen molar-refractivity contribution in [3.05, 3.63) is 55.9 Å². The Kier molecular flexibility index (Phi) is 3.58. The zero-order chi connectivity index (χ0) is 15.1. The minimum Gasteiger partial charge on any atom is -0.310 e. The molecule has 0 spiro atoms. The minimum atomic E-state index is 0.0467. The van der Waals surface area contributed by atoms with Gasteiger partial charge in [-0.3, -0.25) is 14.7 Å². The molecule has 0 unspecified atom stereocenters. The molecule has 1 fully saturated rings. The number of hydrogen-bond donors (Lipinski definition) is 1. The van der Waals surface area contributed by atoms with Crippen LogP contribution in [-0.4, -0.2) is 26.4 Å². The van der Waals surface area contributed by atoms with Gasteiger partial charge in [-0.2, -0.15) is 0 Å². The van der Waals surface area contributed by atoms with Crippen LogP contribution in [0.25, 0.3) is 0 Å². The number of hydrogen-bond acceptors (Lipinski definition) is 4. The summed E-state index contributed by atoms with van der Waals surface area (Å²) in [6, 6.07) is 2.01. The zero-order valence-corrected chi connectivity index (χ0v) is 13.8. The molecule has 1 aliphatic carbocycles. The van der Waals surface area contributed by atoms with E-state index in [9.17, 15) is 4.79 Å². The summed E-state index contributed by atoms with van der Waals surface area (Å²) in [5.74, 6) is 1.39. The first kappa shape index (κ1) is 14.1. The van der Waals surface area contributed by atoms with E-state index in [0.717, 1.165) is 53.9 Å². The van der Waals surface area contributed by atoms with Crippen LogP contribution in [0.5, 0.6) is 0 Å². The lowest BCUT2D eigenvalue weighted by molar-refractivity contribution is 0.241. The van der Waals surface area contributed by atoms with Crippen molar-refractivity contribution in [1.82, 2.24) is 19.9 Å². The van der Waals surface area contributed by atoms with E-state index in [-0.39, 0.29) is 5.56 Å². The largest absolute Gasteiger partial charge is 0.310 e. The van der Waals surface area contributed by atoms with Crippen molar-refractivity contribution in [1.29, 1.82) is 0 Å². The average molecular weight is 361 g/mol. The molecule has 0 aromatic carbocycles. The molecule has 0 amide bonds. The van der Waals surface area contributed by atoms with Crippen molar-refractivity contribution in [3.63, 3.8) is 0 Å². The third kappa shape index (κ3) is 2.73. The molecule has 114 valence electrons. The summed E-state index contributed by atoms with van der Waals surface area (Å²) in [6.07, 6.45) is 6.77. The standard InChI is InChI=1S/C16H17BrN4O/c17-13-7-18-5-3-11(13)8-21-6-4-14-12(9-21)16(22)20-15(19-14)10-1-2-10/h3,5,7,10H,1-2,4,6,8-9H2,(H,19,20,22). The smallest absolute Gasteiger partial charge is 0.255 e. The van der Waals surface area contributed by atoms with Crippen LogP contribution >= 0.6 is 15.9 Å². The molecule has 0 radical (unpaired) electrons. The molecule has 2 aromatic rings. The quantitative estimate of drug-likeness (QED) is 0.912. The van der Waals surface area contributed by atoms with Gasteiger partial charge in [0.1, 0.15) is 5.82 Å². The van der Waals surface area contributed by atoms with E-state index >= 15 is 0 Å². The van der Waals surface area contributed by atoms with Crippen LogP contribution in [0.4, 0.5) is 0 Å². The molecule has 1 N–H and O–H groups in total. The summed E-state index contributed by atoms with van der Waals surface area (Å²) in [6.45, 7) is 2.41. The predicted molar refractivity (Wildman–Crippen MR) is 86.6 cm³/mol. The Morgan fingerprint density at radius 1 is 1.41 bits per heavy atom. The van der Waals surface area contributed by atoms with Gasteiger partial charge in [-0.15, -0.1) is 0 Å². The molecule has 3 heterocycles. The summed E-state index contributed by atoms with van der Waals surface area (Å²) in [5, 5.41) is 0. The van der Waals surface area contributed by atoms with Crippen LogP contribution in [0.2, 0.25) is 0 Å². The normalized spacial score (nSPS) is 18.2. The summed E-state index contributed by atoms with van der Waals surface area (Å²) < 4.78 is 1.01. The number of pyridine rings is 1. The van der Waals surface area contributed by atoms with Gasteiger partial charge in [0.2, 0.25) is 0 Å². The second-order valence-electron chi connectivity index (χ2n) is 6.08.